The van der Waals surface area contributed by atoms with Crippen LogP contribution in [0.4, 0.5) is 0 Å². The Morgan fingerprint density at radius 1 is 1.62 bits per heavy atom. The molecule has 0 aromatic heterocycles. The van der Waals surface area contributed by atoms with Gasteiger partial charge in [-0.15, -0.1) is 0 Å². The van der Waals surface area contributed by atoms with Crippen molar-refractivity contribution in [2.24, 2.45) is 11.7 Å². The molecule has 3 N–H and O–H groups in total. The average molecular weight is 114 g/mol. The van der Waals surface area contributed by atoms with Crippen LogP contribution in [0.2, 0.25) is 0 Å². The van der Waals surface area contributed by atoms with E-state index in [-0.39, 0.29) is 17.5 Å². The molecule has 0 saturated heterocycles. The third-order valence-corrected chi connectivity index (χ3v) is 0.790. The maximum Gasteiger partial charge on any atom is 0.199 e. The SMILES string of the molecule is CC(C)C(=O)C(=N)N. The number of carbonyl (C=O) groups is 1. The molecule has 8 heavy (non-hydrogen) atoms. The quantitative estimate of drug-likeness (QED) is 0.396. The highest BCUT2D eigenvalue weighted by Crippen LogP contribution is 1.91. The van der Waals surface area contributed by atoms with Gasteiger partial charge in [-0.1, -0.05) is 13.8 Å². The summed E-state index contributed by atoms with van der Waals surface area (Å²) in [5, 5.41) is 6.66. The molecule has 0 fully saturated rings. The molecule has 0 saturated carbocycles. The Morgan fingerprint density at radius 2 is 2.00 bits per heavy atom. The summed E-state index contributed by atoms with van der Waals surface area (Å²) in [7, 11) is 0. The lowest BCUT2D eigenvalue weighted by atomic mass is 10.1. The van der Waals surface area contributed by atoms with Crippen LogP contribution in [0.25, 0.3) is 0 Å². The molecule has 46 valence electrons. The van der Waals surface area contributed by atoms with E-state index in [0.717, 1.165) is 0 Å². The van der Waals surface area contributed by atoms with Gasteiger partial charge >= 0.3 is 0 Å². The molecule has 0 aliphatic heterocycles. The van der Waals surface area contributed by atoms with Gasteiger partial charge in [-0.2, -0.15) is 0 Å². The Balaban J connectivity index is 3.84. The number of Topliss-reactive ketones (excluding diaryl/α,β-unsaturated/α-hetero) is 1. The van der Waals surface area contributed by atoms with Gasteiger partial charge in [0, 0.05) is 5.92 Å². The fourth-order valence-corrected chi connectivity index (χ4v) is 0.311. The molecule has 0 radical (unpaired) electrons. The first-order valence-electron chi connectivity index (χ1n) is 2.44. The molecule has 0 rings (SSSR count). The molecule has 0 aromatic rings. The third-order valence-electron chi connectivity index (χ3n) is 0.790. The van der Waals surface area contributed by atoms with Crippen LogP contribution in [-0.2, 0) is 4.79 Å². The maximum absolute atomic E-state index is 10.5. The van der Waals surface area contributed by atoms with Crippen LogP contribution in [0.15, 0.2) is 0 Å². The molecule has 0 spiro atoms. The first-order valence-corrected chi connectivity index (χ1v) is 2.44. The molecule has 0 heterocycles. The van der Waals surface area contributed by atoms with Crippen molar-refractivity contribution in [2.45, 2.75) is 13.8 Å². The number of nitrogens with one attached hydrogen (secondary N) is 1. The molecular formula is C5H10N2O. The highest BCUT2D eigenvalue weighted by atomic mass is 16.1. The zero-order valence-electron chi connectivity index (χ0n) is 5.06. The molecule has 3 heteroatoms. The van der Waals surface area contributed by atoms with E-state index in [1.54, 1.807) is 13.8 Å². The van der Waals surface area contributed by atoms with Crippen molar-refractivity contribution in [2.75, 3.05) is 0 Å². The number of hydrogen-bond acceptors (Lipinski definition) is 2. The minimum Gasteiger partial charge on any atom is -0.381 e. The van der Waals surface area contributed by atoms with Crippen LogP contribution in [0.5, 0.6) is 0 Å². The number of hydrogen-bond donors (Lipinski definition) is 2. The molecule has 0 unspecified atom stereocenters. The van der Waals surface area contributed by atoms with Crippen LogP contribution in [0, 0.1) is 11.3 Å². The molecule has 0 atom stereocenters. The van der Waals surface area contributed by atoms with Gasteiger partial charge in [-0.05, 0) is 0 Å². The van der Waals surface area contributed by atoms with Crippen molar-refractivity contribution in [1.29, 1.82) is 5.41 Å². The Morgan fingerprint density at radius 3 is 2.00 bits per heavy atom. The summed E-state index contributed by atoms with van der Waals surface area (Å²) in [5.74, 6) is -0.780. The van der Waals surface area contributed by atoms with Gasteiger partial charge in [0.15, 0.2) is 11.6 Å². The minimum atomic E-state index is -0.347. The first kappa shape index (κ1) is 7.14. The second kappa shape index (κ2) is 2.45. The predicted octanol–water partition coefficient (Wildman–Crippen LogP) is 0.147. The Kier molecular flexibility index (Phi) is 2.19. The van der Waals surface area contributed by atoms with Gasteiger partial charge in [-0.25, -0.2) is 0 Å². The van der Waals surface area contributed by atoms with Crippen molar-refractivity contribution in [3.8, 4) is 0 Å². The summed E-state index contributed by atoms with van der Waals surface area (Å²) >= 11 is 0. The summed E-state index contributed by atoms with van der Waals surface area (Å²) in [4.78, 5) is 10.5. The van der Waals surface area contributed by atoms with E-state index in [1.165, 1.54) is 0 Å². The summed E-state index contributed by atoms with van der Waals surface area (Å²) < 4.78 is 0. The lowest BCUT2D eigenvalue weighted by Crippen LogP contribution is -2.26. The van der Waals surface area contributed by atoms with E-state index in [4.69, 9.17) is 11.1 Å². The summed E-state index contributed by atoms with van der Waals surface area (Å²) in [6.07, 6.45) is 0. The van der Waals surface area contributed by atoms with Crippen LogP contribution >= 0.6 is 0 Å². The van der Waals surface area contributed by atoms with Crippen LogP contribution in [-0.4, -0.2) is 11.6 Å². The summed E-state index contributed by atoms with van der Waals surface area (Å²) in [6, 6.07) is 0. The van der Waals surface area contributed by atoms with Crippen LogP contribution in [0.1, 0.15) is 13.8 Å². The highest BCUT2D eigenvalue weighted by Gasteiger charge is 2.08. The largest absolute Gasteiger partial charge is 0.381 e. The standard InChI is InChI=1S/C5H10N2O/c1-3(2)4(8)5(6)7/h3H,1-2H3,(H3,6,7). The van der Waals surface area contributed by atoms with Gasteiger partial charge in [0.2, 0.25) is 0 Å². The van der Waals surface area contributed by atoms with Crippen molar-refractivity contribution in [3.05, 3.63) is 0 Å². The molecule has 0 aliphatic rings. The highest BCUT2D eigenvalue weighted by molar-refractivity contribution is 6.37. The van der Waals surface area contributed by atoms with Crippen molar-refractivity contribution < 1.29 is 4.79 Å². The first-order chi connectivity index (χ1) is 3.55. The molecule has 0 aliphatic carbocycles. The topological polar surface area (TPSA) is 66.9 Å². The van der Waals surface area contributed by atoms with Crippen molar-refractivity contribution in [1.82, 2.24) is 0 Å². The zero-order chi connectivity index (χ0) is 6.73. The van der Waals surface area contributed by atoms with E-state index in [0.29, 0.717) is 0 Å². The van der Waals surface area contributed by atoms with Crippen molar-refractivity contribution >= 4 is 11.6 Å². The lowest BCUT2D eigenvalue weighted by Gasteiger charge is -1.97. The molecule has 0 bridgehead atoms. The van der Waals surface area contributed by atoms with Gasteiger partial charge in [-0.3, -0.25) is 10.2 Å². The van der Waals surface area contributed by atoms with E-state index >= 15 is 0 Å². The lowest BCUT2D eigenvalue weighted by molar-refractivity contribution is -0.115. The Labute approximate surface area is 48.4 Å². The van der Waals surface area contributed by atoms with Gasteiger partial charge in [0.1, 0.15) is 0 Å². The molecule has 3 nitrogen and oxygen atoms in total. The van der Waals surface area contributed by atoms with E-state index in [1.807, 2.05) is 0 Å². The predicted molar refractivity (Wildman–Crippen MR) is 31.8 cm³/mol. The summed E-state index contributed by atoms with van der Waals surface area (Å²) in [6.45, 7) is 3.42. The van der Waals surface area contributed by atoms with Gasteiger partial charge < -0.3 is 5.73 Å². The minimum absolute atomic E-state index is 0.146. The number of ketones is 1. The smallest absolute Gasteiger partial charge is 0.199 e. The van der Waals surface area contributed by atoms with Gasteiger partial charge in [0.25, 0.3) is 0 Å². The van der Waals surface area contributed by atoms with E-state index in [2.05, 4.69) is 0 Å². The number of nitrogens with two attached hydrogens (primary N) is 1. The Hall–Kier alpha value is -0.860. The number of carbonyl (C=O) groups excluding carboxylic acids is 1. The Bertz CT molecular complexity index is 118. The fourth-order valence-electron chi connectivity index (χ4n) is 0.311. The third kappa shape index (κ3) is 1.73. The molecule has 0 amide bonds. The number of rotatable bonds is 2. The monoisotopic (exact) mass is 114 g/mol. The molecular weight excluding hydrogens is 104 g/mol. The van der Waals surface area contributed by atoms with Crippen molar-refractivity contribution in [3.63, 3.8) is 0 Å². The fraction of sp³-hybridized carbons (Fsp3) is 0.600. The second-order valence-electron chi connectivity index (χ2n) is 1.93. The summed E-state index contributed by atoms with van der Waals surface area (Å²) in [5.41, 5.74) is 4.87. The zero-order valence-corrected chi connectivity index (χ0v) is 5.06. The normalized spacial score (nSPS) is 9.38. The second-order valence-corrected chi connectivity index (χ2v) is 1.93. The van der Waals surface area contributed by atoms with Crippen LogP contribution in [0.3, 0.4) is 0 Å². The van der Waals surface area contributed by atoms with E-state index < -0.39 is 0 Å². The molecule has 0 aromatic carbocycles. The van der Waals surface area contributed by atoms with Gasteiger partial charge in [0.05, 0.1) is 0 Å². The number of amidine groups is 1. The average Bonchev–Trinajstić information content (AvgIpc) is 1.64. The van der Waals surface area contributed by atoms with E-state index in [9.17, 15) is 4.79 Å². The maximum atomic E-state index is 10.5. The van der Waals surface area contributed by atoms with Crippen LogP contribution < -0.4 is 5.73 Å².